The van der Waals surface area contributed by atoms with Crippen molar-refractivity contribution in [2.45, 2.75) is 56.5 Å². The third-order valence-electron chi connectivity index (χ3n) is 8.24. The number of nitrogens with zero attached hydrogens (tertiary/aromatic N) is 4. The van der Waals surface area contributed by atoms with Crippen molar-refractivity contribution in [3.63, 3.8) is 0 Å². The van der Waals surface area contributed by atoms with Crippen molar-refractivity contribution in [1.29, 1.82) is 0 Å². The summed E-state index contributed by atoms with van der Waals surface area (Å²) in [6.07, 6.45) is 6.70. The fourth-order valence-corrected chi connectivity index (χ4v) is 6.08. The molecule has 4 fully saturated rings. The van der Waals surface area contributed by atoms with Gasteiger partial charge in [-0.25, -0.2) is 14.2 Å². The number of anilines is 1. The lowest BCUT2D eigenvalue weighted by Gasteiger charge is -2.39. The molecule has 3 amide bonds. The Morgan fingerprint density at radius 1 is 1.16 bits per heavy atom. The predicted molar refractivity (Wildman–Crippen MR) is 135 cm³/mol. The van der Waals surface area contributed by atoms with E-state index in [0.29, 0.717) is 51.4 Å². The van der Waals surface area contributed by atoms with Gasteiger partial charge in [-0.05, 0) is 44.0 Å². The zero-order valence-electron chi connectivity index (χ0n) is 21.3. The number of carbonyl (C=O) groups is 2. The quantitative estimate of drug-likeness (QED) is 0.631. The van der Waals surface area contributed by atoms with Crippen LogP contribution in [0.15, 0.2) is 18.5 Å². The van der Waals surface area contributed by atoms with E-state index in [0.717, 1.165) is 49.1 Å². The maximum Gasteiger partial charge on any atom is 0.328 e. The number of rotatable bonds is 5. The summed E-state index contributed by atoms with van der Waals surface area (Å²) in [7, 11) is 0. The fourth-order valence-electron chi connectivity index (χ4n) is 6.08. The average Bonchev–Trinajstić information content (AvgIpc) is 3.45. The van der Waals surface area contributed by atoms with Gasteiger partial charge in [0, 0.05) is 44.1 Å². The molecule has 2 aromatic heterocycles. The van der Waals surface area contributed by atoms with Gasteiger partial charge in [0.05, 0.1) is 37.7 Å². The number of urea groups is 1. The number of halogens is 1. The molecule has 0 bridgehead atoms. The number of nitrogens with one attached hydrogen (secondary N) is 2. The summed E-state index contributed by atoms with van der Waals surface area (Å²) < 4.78 is 30.0. The Kier molecular flexibility index (Phi) is 6.42. The number of hydrogen-bond acceptors (Lipinski definition) is 7. The molecule has 2 aromatic rings. The van der Waals surface area contributed by atoms with Crippen molar-refractivity contribution in [2.24, 2.45) is 0 Å². The van der Waals surface area contributed by atoms with Gasteiger partial charge in [-0.1, -0.05) is 6.92 Å². The van der Waals surface area contributed by atoms with Crippen LogP contribution in [0.2, 0.25) is 0 Å². The number of hydrogen-bond donors (Lipinski definition) is 2. The third-order valence-corrected chi connectivity index (χ3v) is 8.24. The molecular weight excluding hydrogens is 479 g/mol. The highest BCUT2D eigenvalue weighted by molar-refractivity contribution is 6.06. The number of alkyl halides is 1. The normalized spacial score (nSPS) is 28.8. The number of imide groups is 1. The molecule has 11 heteroatoms. The number of piperidine rings is 1. The molecule has 0 aliphatic carbocycles. The summed E-state index contributed by atoms with van der Waals surface area (Å²) in [5, 5.41) is 6.58. The van der Waals surface area contributed by atoms with Gasteiger partial charge in [0.1, 0.15) is 11.3 Å². The van der Waals surface area contributed by atoms with E-state index in [-0.39, 0.29) is 18.4 Å². The highest BCUT2D eigenvalue weighted by Gasteiger charge is 2.46. The van der Waals surface area contributed by atoms with Crippen molar-refractivity contribution in [1.82, 2.24) is 25.1 Å². The van der Waals surface area contributed by atoms with Crippen molar-refractivity contribution >= 4 is 28.7 Å². The molecule has 4 saturated heterocycles. The molecule has 0 atom stereocenters. The number of fused-ring (bicyclic) bond motifs is 1. The molecule has 6 heterocycles. The Morgan fingerprint density at radius 2 is 1.95 bits per heavy atom. The largest absolute Gasteiger partial charge is 0.346 e. The van der Waals surface area contributed by atoms with Crippen LogP contribution >= 0.6 is 0 Å². The molecule has 10 nitrogen and oxygen atoms in total. The Labute approximate surface area is 215 Å². The van der Waals surface area contributed by atoms with Gasteiger partial charge in [0.25, 0.3) is 0 Å². The van der Waals surface area contributed by atoms with Crippen molar-refractivity contribution < 1.29 is 23.5 Å². The topological polar surface area (TPSA) is 101 Å². The lowest BCUT2D eigenvalue weighted by Crippen LogP contribution is -2.50. The average molecular weight is 515 g/mol. The van der Waals surface area contributed by atoms with E-state index < -0.39 is 17.5 Å². The molecule has 0 radical (unpaired) electrons. The molecule has 0 aromatic carbocycles. The highest BCUT2D eigenvalue weighted by atomic mass is 19.1. The summed E-state index contributed by atoms with van der Waals surface area (Å²) in [5.74, 6) is -0.928. The van der Waals surface area contributed by atoms with Gasteiger partial charge in [-0.2, -0.15) is 0 Å². The minimum Gasteiger partial charge on any atom is -0.346 e. The zero-order valence-corrected chi connectivity index (χ0v) is 21.3. The molecule has 0 saturated carbocycles. The summed E-state index contributed by atoms with van der Waals surface area (Å²) in [6, 6.07) is 1.52. The van der Waals surface area contributed by atoms with E-state index in [4.69, 9.17) is 14.5 Å². The first-order valence-electron chi connectivity index (χ1n) is 13.4. The fraction of sp³-hybridized carbons (Fsp3) is 0.654. The van der Waals surface area contributed by atoms with Crippen LogP contribution in [0.1, 0.15) is 44.2 Å². The summed E-state index contributed by atoms with van der Waals surface area (Å²) in [6.45, 7) is 6.67. The maximum absolute atomic E-state index is 15.2. The number of likely N-dealkylation sites (tertiary alicyclic amines) is 1. The second-order valence-electron chi connectivity index (χ2n) is 10.8. The highest BCUT2D eigenvalue weighted by Crippen LogP contribution is 2.37. The first kappa shape index (κ1) is 24.7. The molecule has 6 rings (SSSR count). The molecule has 0 unspecified atom stereocenters. The number of aryl methyl sites for hydroxylation is 1. The van der Waals surface area contributed by atoms with Crippen LogP contribution in [0.3, 0.4) is 0 Å². The molecule has 4 aliphatic rings. The minimum absolute atomic E-state index is 0.0336. The molecule has 4 aliphatic heterocycles. The number of pyridine rings is 1. The molecule has 1 spiro atoms. The Hall–Kier alpha value is -2.60. The van der Waals surface area contributed by atoms with Crippen LogP contribution in [0.5, 0.6) is 0 Å². The standard InChI is InChI=1S/C26H35FN6O4/c1-2-18-13-33(23-21(18)11-19(12-29-23)32-9-3-22(34)30-24(32)35)20-14-36-26(37-15-20)6-10-31(17-26)16-25(27)4-7-28-8-5-25/h11-13,20,28H,2-10,14-17H2,1H3,(H,30,34,35). The number of amides is 3. The van der Waals surface area contributed by atoms with Gasteiger partial charge in [-0.15, -0.1) is 0 Å². The van der Waals surface area contributed by atoms with Crippen molar-refractivity contribution in [2.75, 3.05) is 57.4 Å². The van der Waals surface area contributed by atoms with E-state index in [2.05, 4.69) is 33.2 Å². The van der Waals surface area contributed by atoms with Crippen LogP contribution in [0.4, 0.5) is 14.9 Å². The van der Waals surface area contributed by atoms with Crippen LogP contribution in [-0.2, 0) is 20.7 Å². The summed E-state index contributed by atoms with van der Waals surface area (Å²) in [4.78, 5) is 32.3. The second-order valence-corrected chi connectivity index (χ2v) is 10.8. The molecular formula is C26H35FN6O4. The Bertz CT molecular complexity index is 1190. The third kappa shape index (κ3) is 4.73. The van der Waals surface area contributed by atoms with E-state index in [1.807, 2.05) is 6.07 Å². The van der Waals surface area contributed by atoms with Crippen molar-refractivity contribution in [3.05, 3.63) is 24.0 Å². The minimum atomic E-state index is -1.14. The number of carbonyl (C=O) groups excluding carboxylic acids is 2. The summed E-state index contributed by atoms with van der Waals surface area (Å²) >= 11 is 0. The maximum atomic E-state index is 15.2. The van der Waals surface area contributed by atoms with Crippen LogP contribution in [0, 0.1) is 0 Å². The molecule has 2 N–H and O–H groups in total. The predicted octanol–water partition coefficient (Wildman–Crippen LogP) is 2.13. The van der Waals surface area contributed by atoms with E-state index in [1.165, 1.54) is 0 Å². The lowest BCUT2D eigenvalue weighted by molar-refractivity contribution is -0.270. The van der Waals surface area contributed by atoms with Crippen LogP contribution in [-0.4, -0.2) is 90.3 Å². The molecule has 200 valence electrons. The Balaban J connectivity index is 1.15. The number of ether oxygens (including phenoxy) is 2. The van der Waals surface area contributed by atoms with E-state index in [1.54, 1.807) is 11.1 Å². The van der Waals surface area contributed by atoms with Crippen LogP contribution < -0.4 is 15.5 Å². The number of aromatic nitrogens is 2. The monoisotopic (exact) mass is 514 g/mol. The zero-order chi connectivity index (χ0) is 25.6. The van der Waals surface area contributed by atoms with Gasteiger partial charge in [0.15, 0.2) is 5.79 Å². The lowest BCUT2D eigenvalue weighted by atomic mass is 9.94. The summed E-state index contributed by atoms with van der Waals surface area (Å²) in [5.41, 5.74) is 1.48. The van der Waals surface area contributed by atoms with E-state index >= 15 is 4.39 Å². The van der Waals surface area contributed by atoms with Gasteiger partial charge in [0.2, 0.25) is 5.91 Å². The van der Waals surface area contributed by atoms with Gasteiger partial charge in [-0.3, -0.25) is 19.9 Å². The van der Waals surface area contributed by atoms with E-state index in [9.17, 15) is 9.59 Å². The smallest absolute Gasteiger partial charge is 0.328 e. The van der Waals surface area contributed by atoms with Crippen LogP contribution in [0.25, 0.3) is 11.0 Å². The first-order chi connectivity index (χ1) is 17.9. The molecule has 37 heavy (non-hydrogen) atoms. The Morgan fingerprint density at radius 3 is 2.68 bits per heavy atom. The SMILES string of the molecule is CCc1cn(C2COC3(CCN(CC4(F)CCNCC4)C3)OC2)c2ncc(N3CCC(=O)NC3=O)cc12. The van der Waals surface area contributed by atoms with Crippen molar-refractivity contribution in [3.8, 4) is 0 Å². The first-order valence-corrected chi connectivity index (χ1v) is 13.4. The van der Waals surface area contributed by atoms with Gasteiger partial charge >= 0.3 is 6.03 Å². The second kappa shape index (κ2) is 9.61. The van der Waals surface area contributed by atoms with Gasteiger partial charge < -0.3 is 19.4 Å².